The van der Waals surface area contributed by atoms with Crippen LogP contribution in [0, 0.1) is 0 Å². The molecule has 0 atom stereocenters. The molecule has 8 nitrogen and oxygen atoms in total. The van der Waals surface area contributed by atoms with Crippen LogP contribution in [0.2, 0.25) is 0 Å². The van der Waals surface area contributed by atoms with Gasteiger partial charge in [0.05, 0.1) is 19.4 Å². The monoisotopic (exact) mass is 457 g/mol. The highest BCUT2D eigenvalue weighted by Crippen LogP contribution is 2.36. The lowest BCUT2D eigenvalue weighted by molar-refractivity contribution is 0.0848. The smallest absolute Gasteiger partial charge is 0.216 e. The summed E-state index contributed by atoms with van der Waals surface area (Å²) >= 11 is 0. The zero-order chi connectivity index (χ0) is 22.9. The summed E-state index contributed by atoms with van der Waals surface area (Å²) in [6.45, 7) is 2.32. The number of aryl methyl sites for hydroxylation is 1. The first kappa shape index (κ1) is 20.9. The van der Waals surface area contributed by atoms with Gasteiger partial charge in [-0.3, -0.25) is 0 Å². The molecule has 6 rings (SSSR count). The molecule has 0 saturated carbocycles. The Morgan fingerprint density at radius 2 is 2.03 bits per heavy atom. The van der Waals surface area contributed by atoms with Crippen molar-refractivity contribution in [1.82, 2.24) is 19.4 Å². The van der Waals surface area contributed by atoms with Crippen LogP contribution in [0.15, 0.2) is 49.1 Å². The number of hydrogen-bond acceptors (Lipinski definition) is 7. The molecule has 5 heterocycles. The molecule has 2 aliphatic rings. The minimum atomic E-state index is 0.457. The fourth-order valence-electron chi connectivity index (χ4n) is 4.80. The van der Waals surface area contributed by atoms with Crippen LogP contribution < -0.4 is 14.8 Å². The molecular formula is C26H27N5O3. The molecule has 4 aromatic rings. The Morgan fingerprint density at radius 1 is 1.12 bits per heavy atom. The maximum Gasteiger partial charge on any atom is 0.216 e. The van der Waals surface area contributed by atoms with Crippen LogP contribution in [-0.2, 0) is 11.2 Å². The Balaban J connectivity index is 1.35. The second-order valence-corrected chi connectivity index (χ2v) is 8.74. The number of pyridine rings is 1. The maximum absolute atomic E-state index is 5.75. The summed E-state index contributed by atoms with van der Waals surface area (Å²) in [6, 6.07) is 8.40. The molecular weight excluding hydrogens is 430 g/mol. The van der Waals surface area contributed by atoms with E-state index in [2.05, 4.69) is 33.5 Å². The molecule has 1 aromatic carbocycles. The van der Waals surface area contributed by atoms with Crippen molar-refractivity contribution < 1.29 is 14.2 Å². The Morgan fingerprint density at radius 3 is 2.91 bits per heavy atom. The third-order valence-corrected chi connectivity index (χ3v) is 6.58. The Hall–Kier alpha value is -3.65. The molecule has 34 heavy (non-hydrogen) atoms. The van der Waals surface area contributed by atoms with E-state index in [-0.39, 0.29) is 0 Å². The quantitative estimate of drug-likeness (QED) is 0.462. The van der Waals surface area contributed by atoms with Crippen LogP contribution in [-0.4, -0.2) is 46.3 Å². The first-order chi connectivity index (χ1) is 16.8. The molecule has 8 heteroatoms. The second-order valence-electron chi connectivity index (χ2n) is 8.74. The maximum atomic E-state index is 5.75. The predicted molar refractivity (Wildman–Crippen MR) is 129 cm³/mol. The Bertz CT molecular complexity index is 1330. The molecule has 0 radical (unpaired) electrons. The van der Waals surface area contributed by atoms with Gasteiger partial charge >= 0.3 is 0 Å². The van der Waals surface area contributed by atoms with Gasteiger partial charge in [0.2, 0.25) is 5.88 Å². The Kier molecular flexibility index (Phi) is 5.50. The number of rotatable bonds is 5. The number of imidazole rings is 1. The van der Waals surface area contributed by atoms with Gasteiger partial charge in [-0.1, -0.05) is 6.07 Å². The SMILES string of the molecule is COc1cc(Nc2nc(-c3cnc4c(c3)CCCO4)cn3ccnc23)ccc1C1CCOCC1. The summed E-state index contributed by atoms with van der Waals surface area (Å²) in [5.41, 5.74) is 5.78. The third-order valence-electron chi connectivity index (χ3n) is 6.58. The number of methoxy groups -OCH3 is 1. The number of anilines is 2. The highest BCUT2D eigenvalue weighted by molar-refractivity contribution is 5.74. The van der Waals surface area contributed by atoms with E-state index in [1.54, 1.807) is 13.3 Å². The minimum absolute atomic E-state index is 0.457. The van der Waals surface area contributed by atoms with E-state index in [9.17, 15) is 0 Å². The first-order valence-corrected chi connectivity index (χ1v) is 11.8. The standard InChI is InChI=1S/C26H27N5O3/c1-32-23-14-20(4-5-21(23)17-6-11-33-12-7-17)29-24-25-27-8-9-31(25)16-22(30-24)19-13-18-3-2-10-34-26(18)28-15-19/h4-5,8-9,13-17H,2-3,6-7,10-12H2,1H3,(H,29,30). The van der Waals surface area contributed by atoms with Crippen molar-refractivity contribution in [3.8, 4) is 22.9 Å². The van der Waals surface area contributed by atoms with E-state index in [0.717, 1.165) is 85.3 Å². The average Bonchev–Trinajstić information content (AvgIpc) is 3.38. The van der Waals surface area contributed by atoms with Gasteiger partial charge in [0.25, 0.3) is 0 Å². The van der Waals surface area contributed by atoms with E-state index in [1.165, 1.54) is 5.56 Å². The molecule has 0 amide bonds. The fourth-order valence-corrected chi connectivity index (χ4v) is 4.80. The number of ether oxygens (including phenoxy) is 3. The number of hydrogen-bond donors (Lipinski definition) is 1. The topological polar surface area (TPSA) is 82.8 Å². The molecule has 0 unspecified atom stereocenters. The molecule has 1 saturated heterocycles. The Labute approximate surface area is 197 Å². The van der Waals surface area contributed by atoms with E-state index in [4.69, 9.17) is 19.2 Å². The molecule has 0 spiro atoms. The summed E-state index contributed by atoms with van der Waals surface area (Å²) in [6.07, 6.45) is 11.5. The van der Waals surface area contributed by atoms with Crippen LogP contribution in [0.3, 0.4) is 0 Å². The molecule has 3 aromatic heterocycles. The normalized spacial score (nSPS) is 16.1. The van der Waals surface area contributed by atoms with Crippen molar-refractivity contribution in [1.29, 1.82) is 0 Å². The van der Waals surface area contributed by atoms with Crippen molar-refractivity contribution >= 4 is 17.2 Å². The molecule has 0 aliphatic carbocycles. The molecule has 1 fully saturated rings. The van der Waals surface area contributed by atoms with Crippen LogP contribution in [0.1, 0.15) is 36.3 Å². The summed E-state index contributed by atoms with van der Waals surface area (Å²) in [5.74, 6) is 2.75. The van der Waals surface area contributed by atoms with Gasteiger partial charge in [0.1, 0.15) is 5.75 Å². The van der Waals surface area contributed by atoms with Crippen molar-refractivity contribution in [2.75, 3.05) is 32.2 Å². The van der Waals surface area contributed by atoms with Crippen molar-refractivity contribution in [2.45, 2.75) is 31.6 Å². The summed E-state index contributed by atoms with van der Waals surface area (Å²) in [5, 5.41) is 3.47. The molecule has 2 aliphatic heterocycles. The summed E-state index contributed by atoms with van der Waals surface area (Å²) < 4.78 is 18.9. The lowest BCUT2D eigenvalue weighted by atomic mass is 9.91. The zero-order valence-electron chi connectivity index (χ0n) is 19.2. The number of benzene rings is 1. The van der Waals surface area contributed by atoms with Crippen molar-refractivity contribution in [3.63, 3.8) is 0 Å². The van der Waals surface area contributed by atoms with Gasteiger partial charge in [0.15, 0.2) is 11.5 Å². The van der Waals surface area contributed by atoms with Crippen LogP contribution in [0.4, 0.5) is 11.5 Å². The summed E-state index contributed by atoms with van der Waals surface area (Å²) in [4.78, 5) is 14.0. The number of fused-ring (bicyclic) bond motifs is 2. The van der Waals surface area contributed by atoms with Crippen molar-refractivity contribution in [3.05, 3.63) is 60.2 Å². The molecule has 1 N–H and O–H groups in total. The lowest BCUT2D eigenvalue weighted by Gasteiger charge is -2.24. The third kappa shape index (κ3) is 3.94. The van der Waals surface area contributed by atoms with E-state index >= 15 is 0 Å². The minimum Gasteiger partial charge on any atom is -0.496 e. The predicted octanol–water partition coefficient (Wildman–Crippen LogP) is 4.76. The van der Waals surface area contributed by atoms with E-state index < -0.39 is 0 Å². The lowest BCUT2D eigenvalue weighted by Crippen LogP contribution is -2.14. The largest absolute Gasteiger partial charge is 0.496 e. The number of aromatic nitrogens is 4. The second kappa shape index (κ2) is 8.95. The van der Waals surface area contributed by atoms with Gasteiger partial charge in [-0.25, -0.2) is 15.0 Å². The fraction of sp³-hybridized carbons (Fsp3) is 0.346. The first-order valence-electron chi connectivity index (χ1n) is 11.8. The highest BCUT2D eigenvalue weighted by Gasteiger charge is 2.20. The van der Waals surface area contributed by atoms with Gasteiger partial charge in [-0.2, -0.15) is 0 Å². The van der Waals surface area contributed by atoms with Crippen LogP contribution >= 0.6 is 0 Å². The molecule has 174 valence electrons. The van der Waals surface area contributed by atoms with E-state index in [0.29, 0.717) is 11.7 Å². The van der Waals surface area contributed by atoms with Gasteiger partial charge in [-0.15, -0.1) is 0 Å². The molecule has 0 bridgehead atoms. The van der Waals surface area contributed by atoms with Gasteiger partial charge in [0, 0.05) is 60.9 Å². The highest BCUT2D eigenvalue weighted by atomic mass is 16.5. The van der Waals surface area contributed by atoms with Gasteiger partial charge < -0.3 is 23.9 Å². The average molecular weight is 458 g/mol. The van der Waals surface area contributed by atoms with E-state index in [1.807, 2.05) is 29.1 Å². The number of nitrogens with one attached hydrogen (secondary N) is 1. The van der Waals surface area contributed by atoms with Crippen LogP contribution in [0.25, 0.3) is 16.9 Å². The summed E-state index contributed by atoms with van der Waals surface area (Å²) in [7, 11) is 1.72. The zero-order valence-corrected chi connectivity index (χ0v) is 19.2. The van der Waals surface area contributed by atoms with Gasteiger partial charge in [-0.05, 0) is 49.3 Å². The van der Waals surface area contributed by atoms with Crippen LogP contribution in [0.5, 0.6) is 11.6 Å². The number of nitrogens with zero attached hydrogens (tertiary/aromatic N) is 4. The van der Waals surface area contributed by atoms with Crippen molar-refractivity contribution in [2.24, 2.45) is 0 Å².